The molecule has 34 heavy (non-hydrogen) atoms. The minimum atomic E-state index is -3.56. The molecule has 0 saturated carbocycles. The van der Waals surface area contributed by atoms with Crippen molar-refractivity contribution in [2.75, 3.05) is 19.0 Å². The number of carbonyl (C=O) groups excluding carboxylic acids is 1. The largest absolute Gasteiger partial charge is 0.493 e. The minimum Gasteiger partial charge on any atom is -0.493 e. The Morgan fingerprint density at radius 1 is 1.26 bits per heavy atom. The molecule has 0 amide bonds. The second kappa shape index (κ2) is 8.76. The van der Waals surface area contributed by atoms with Gasteiger partial charge >= 0.3 is 0 Å². The third-order valence-electron chi connectivity index (χ3n) is 6.35. The Bertz CT molecular complexity index is 1320. The number of nitrogens with two attached hydrogens (primary N) is 1. The molecular weight excluding hydrogens is 454 g/mol. The summed E-state index contributed by atoms with van der Waals surface area (Å²) in [4.78, 5) is 21.8. The highest BCUT2D eigenvalue weighted by Crippen LogP contribution is 2.45. The van der Waals surface area contributed by atoms with Crippen molar-refractivity contribution in [3.8, 4) is 23.3 Å². The molecule has 3 heterocycles. The zero-order valence-electron chi connectivity index (χ0n) is 19.4. The lowest BCUT2D eigenvalue weighted by Gasteiger charge is -2.42. The van der Waals surface area contributed by atoms with E-state index in [0.29, 0.717) is 41.3 Å². The molecule has 1 aromatic carbocycles. The molecule has 1 aromatic heterocycles. The second-order valence-corrected chi connectivity index (χ2v) is 11.5. The first-order valence-electron chi connectivity index (χ1n) is 10.9. The smallest absolute Gasteiger partial charge is 0.185 e. The van der Waals surface area contributed by atoms with Gasteiger partial charge in [0.15, 0.2) is 15.6 Å². The first-order valence-corrected chi connectivity index (χ1v) is 12.6. The summed E-state index contributed by atoms with van der Waals surface area (Å²) < 4.78 is 36.1. The molecule has 2 N–H and O–H groups in total. The number of benzene rings is 1. The molecule has 9 heteroatoms. The van der Waals surface area contributed by atoms with E-state index in [4.69, 9.17) is 20.2 Å². The summed E-state index contributed by atoms with van der Waals surface area (Å²) in [5, 5.41) is 0. The number of rotatable bonds is 5. The van der Waals surface area contributed by atoms with Crippen LogP contribution < -0.4 is 15.2 Å². The molecule has 2 aliphatic rings. The molecule has 1 spiro atoms. The summed E-state index contributed by atoms with van der Waals surface area (Å²) >= 11 is 0. The van der Waals surface area contributed by atoms with E-state index in [9.17, 15) is 13.2 Å². The number of pyridine rings is 1. The number of sulfone groups is 1. The van der Waals surface area contributed by atoms with Gasteiger partial charge in [-0.15, -0.1) is 5.92 Å². The van der Waals surface area contributed by atoms with Gasteiger partial charge in [-0.2, -0.15) is 0 Å². The van der Waals surface area contributed by atoms with Crippen LogP contribution in [0.3, 0.4) is 0 Å². The predicted octanol–water partition coefficient (Wildman–Crippen LogP) is 2.45. The van der Waals surface area contributed by atoms with Gasteiger partial charge in [0.25, 0.3) is 0 Å². The van der Waals surface area contributed by atoms with E-state index in [2.05, 4.69) is 16.8 Å². The number of aliphatic imine (C=N–C) groups is 1. The Labute approximate surface area is 199 Å². The normalized spacial score (nSPS) is 21.9. The van der Waals surface area contributed by atoms with Crippen LogP contribution >= 0.6 is 0 Å². The number of ketones is 1. The Kier molecular flexibility index (Phi) is 6.13. The molecule has 0 fully saturated rings. The van der Waals surface area contributed by atoms with E-state index < -0.39 is 20.1 Å². The maximum atomic E-state index is 13.1. The fourth-order valence-corrected chi connectivity index (χ4v) is 5.78. The van der Waals surface area contributed by atoms with E-state index in [1.165, 1.54) is 6.20 Å². The van der Waals surface area contributed by atoms with E-state index >= 15 is 0 Å². The van der Waals surface area contributed by atoms with Gasteiger partial charge in [0.1, 0.15) is 39.9 Å². The number of amidine groups is 1. The van der Waals surface area contributed by atoms with Crippen LogP contribution in [0.2, 0.25) is 0 Å². The first-order chi connectivity index (χ1) is 16.1. The van der Waals surface area contributed by atoms with Crippen molar-refractivity contribution in [3.63, 3.8) is 0 Å². The number of hydrogen-bond donors (Lipinski definition) is 1. The molecule has 0 unspecified atom stereocenters. The van der Waals surface area contributed by atoms with E-state index in [-0.39, 0.29) is 30.4 Å². The summed E-state index contributed by atoms with van der Waals surface area (Å²) in [6.07, 6.45) is 1.97. The van der Waals surface area contributed by atoms with Crippen molar-refractivity contribution < 1.29 is 22.7 Å². The first kappa shape index (κ1) is 23.8. The van der Waals surface area contributed by atoms with Crippen LogP contribution in [0.4, 0.5) is 0 Å². The SMILES string of the molecule is CC#CCOc1ccc(C(=O)Cc2ccc3c(c2)[C@]2(CCO3)CS(=O)(=O)C(C)(C)C(N)=N2)nc1. The van der Waals surface area contributed by atoms with Gasteiger partial charge in [-0.05, 0) is 50.6 Å². The van der Waals surface area contributed by atoms with Crippen LogP contribution in [0, 0.1) is 11.8 Å². The van der Waals surface area contributed by atoms with Crippen molar-refractivity contribution in [2.24, 2.45) is 10.7 Å². The summed E-state index contributed by atoms with van der Waals surface area (Å²) in [5.74, 6) is 6.38. The number of hydrogen-bond acceptors (Lipinski definition) is 8. The highest BCUT2D eigenvalue weighted by molar-refractivity contribution is 7.93. The van der Waals surface area contributed by atoms with Gasteiger partial charge in [-0.1, -0.05) is 12.0 Å². The predicted molar refractivity (Wildman–Crippen MR) is 129 cm³/mol. The Balaban J connectivity index is 1.61. The molecule has 0 bridgehead atoms. The van der Waals surface area contributed by atoms with Crippen molar-refractivity contribution in [1.82, 2.24) is 4.98 Å². The van der Waals surface area contributed by atoms with Gasteiger partial charge in [0.05, 0.1) is 18.6 Å². The standard InChI is InChI=1S/C25H27N3O5S/c1-4-5-11-32-18-7-8-20(27-15-18)21(29)14-17-6-9-22-19(13-17)25(10-12-33-22)16-34(30,31)24(2,3)23(26)28-25/h6-9,13,15H,10-12,14,16H2,1-3H3,(H2,26,28)/t25-/m0/s1. The van der Waals surface area contributed by atoms with Crippen LogP contribution in [0.15, 0.2) is 41.5 Å². The van der Waals surface area contributed by atoms with Crippen LogP contribution in [-0.4, -0.2) is 48.7 Å². The Morgan fingerprint density at radius 2 is 2.06 bits per heavy atom. The number of Topliss-reactive ketones (excluding diaryl/α,β-unsaturated/α-hetero) is 1. The number of aromatic nitrogens is 1. The average Bonchev–Trinajstić information content (AvgIpc) is 2.79. The minimum absolute atomic E-state index is 0.0875. The molecule has 1 atom stereocenters. The quantitative estimate of drug-likeness (QED) is 0.514. The second-order valence-electron chi connectivity index (χ2n) is 8.92. The molecular formula is C25H27N3O5S. The third kappa shape index (κ3) is 4.26. The van der Waals surface area contributed by atoms with Gasteiger partial charge in [-0.3, -0.25) is 9.79 Å². The lowest BCUT2D eigenvalue weighted by molar-refractivity contribution is 0.0988. The Hall–Kier alpha value is -3.38. The number of nitrogens with zero attached hydrogens (tertiary/aromatic N) is 2. The van der Waals surface area contributed by atoms with E-state index in [1.807, 2.05) is 0 Å². The summed E-state index contributed by atoms with van der Waals surface area (Å²) in [7, 11) is -3.56. The monoisotopic (exact) mass is 481 g/mol. The summed E-state index contributed by atoms with van der Waals surface area (Å²) in [5.41, 5.74) is 6.78. The molecule has 2 aliphatic heterocycles. The Morgan fingerprint density at radius 3 is 2.74 bits per heavy atom. The van der Waals surface area contributed by atoms with Crippen molar-refractivity contribution >= 4 is 21.5 Å². The highest BCUT2D eigenvalue weighted by atomic mass is 32.2. The summed E-state index contributed by atoms with van der Waals surface area (Å²) in [6.45, 7) is 5.46. The summed E-state index contributed by atoms with van der Waals surface area (Å²) in [6, 6.07) is 8.65. The van der Waals surface area contributed by atoms with Gasteiger partial charge in [-0.25, -0.2) is 13.4 Å². The van der Waals surface area contributed by atoms with Gasteiger partial charge < -0.3 is 15.2 Å². The average molecular weight is 482 g/mol. The lowest BCUT2D eigenvalue weighted by Crippen LogP contribution is -2.56. The fourth-order valence-electron chi connectivity index (χ4n) is 4.06. The fraction of sp³-hybridized carbons (Fsp3) is 0.400. The number of ether oxygens (including phenoxy) is 2. The van der Waals surface area contributed by atoms with Crippen LogP contribution in [-0.2, 0) is 21.8 Å². The van der Waals surface area contributed by atoms with Gasteiger partial charge in [0.2, 0.25) is 0 Å². The molecule has 0 saturated heterocycles. The van der Waals surface area contributed by atoms with E-state index in [1.54, 1.807) is 51.1 Å². The highest BCUT2D eigenvalue weighted by Gasteiger charge is 2.52. The van der Waals surface area contributed by atoms with Crippen molar-refractivity contribution in [3.05, 3.63) is 53.3 Å². The van der Waals surface area contributed by atoms with Crippen LogP contribution in [0.1, 0.15) is 48.8 Å². The zero-order chi connectivity index (χ0) is 24.6. The molecule has 178 valence electrons. The van der Waals surface area contributed by atoms with Crippen molar-refractivity contribution in [2.45, 2.75) is 43.9 Å². The molecule has 8 nitrogen and oxygen atoms in total. The zero-order valence-corrected chi connectivity index (χ0v) is 20.2. The number of carbonyl (C=O) groups is 1. The lowest BCUT2D eigenvalue weighted by atomic mass is 9.84. The van der Waals surface area contributed by atoms with E-state index in [0.717, 1.165) is 0 Å². The topological polar surface area (TPSA) is 121 Å². The maximum absolute atomic E-state index is 13.1. The van der Waals surface area contributed by atoms with Gasteiger partial charge in [0, 0.05) is 18.4 Å². The molecule has 4 rings (SSSR count). The van der Waals surface area contributed by atoms with Crippen LogP contribution in [0.25, 0.3) is 0 Å². The molecule has 2 aromatic rings. The van der Waals surface area contributed by atoms with Crippen LogP contribution in [0.5, 0.6) is 11.5 Å². The molecule has 0 aliphatic carbocycles. The third-order valence-corrected chi connectivity index (χ3v) is 8.97. The molecule has 0 radical (unpaired) electrons. The maximum Gasteiger partial charge on any atom is 0.185 e. The van der Waals surface area contributed by atoms with Crippen molar-refractivity contribution in [1.29, 1.82) is 0 Å². The number of fused-ring (bicyclic) bond motifs is 2.